The molecule has 9 atom stereocenters. The zero-order valence-corrected chi connectivity index (χ0v) is 16.3. The lowest BCUT2D eigenvalue weighted by atomic mass is 9.96. The van der Waals surface area contributed by atoms with E-state index in [9.17, 15) is 28.8 Å². The van der Waals surface area contributed by atoms with Crippen LogP contribution in [0.4, 0.5) is 0 Å². The molecular weight excluding hydrogens is 409 g/mol. The highest BCUT2D eigenvalue weighted by Gasteiger charge is 2.49. The van der Waals surface area contributed by atoms with E-state index in [1.165, 1.54) is 7.11 Å². The van der Waals surface area contributed by atoms with Crippen molar-refractivity contribution in [1.29, 1.82) is 0 Å². The largest absolute Gasteiger partial charge is 0.473 e. The van der Waals surface area contributed by atoms with Crippen molar-refractivity contribution >= 4 is 29.6 Å². The van der Waals surface area contributed by atoms with Gasteiger partial charge >= 0.3 is 15.4 Å². The van der Waals surface area contributed by atoms with Gasteiger partial charge in [0.1, 0.15) is 32.3 Å². The van der Waals surface area contributed by atoms with Gasteiger partial charge in [0.2, 0.25) is 0 Å². The Morgan fingerprint density at radius 1 is 1.26 bits per heavy atom. The van der Waals surface area contributed by atoms with Gasteiger partial charge in [-0.2, -0.15) is 0 Å². The van der Waals surface area contributed by atoms with Crippen LogP contribution in [-0.2, 0) is 41.7 Å². The molecule has 2 radical (unpaired) electrons. The van der Waals surface area contributed by atoms with E-state index in [4.69, 9.17) is 35.6 Å². The van der Waals surface area contributed by atoms with Gasteiger partial charge in [0.05, 0.1) is 12.7 Å². The number of carbonyl (C=O) groups excluding carboxylic acids is 1. The van der Waals surface area contributed by atoms with Gasteiger partial charge in [-0.25, -0.2) is 4.57 Å². The number of rotatable bonds is 9. The van der Waals surface area contributed by atoms with E-state index in [1.807, 2.05) is 0 Å². The van der Waals surface area contributed by atoms with Gasteiger partial charge in [-0.3, -0.25) is 13.6 Å². The first-order valence-electron chi connectivity index (χ1n) is 7.83. The second-order valence-corrected chi connectivity index (χ2v) is 9.28. The summed E-state index contributed by atoms with van der Waals surface area (Å²) in [5, 5.41) is 10.00. The first kappa shape index (κ1) is 23.1. The number of aliphatic hydroxyl groups is 1. The van der Waals surface area contributed by atoms with Crippen LogP contribution in [0.3, 0.4) is 0 Å². The average molecular weight is 430 g/mol. The van der Waals surface area contributed by atoms with Crippen LogP contribution in [0.5, 0.6) is 0 Å². The van der Waals surface area contributed by atoms with Crippen LogP contribution in [0.2, 0.25) is 0 Å². The maximum atomic E-state index is 12.3. The average Bonchev–Trinajstić information content (AvgIpc) is 3.04. The monoisotopic (exact) mass is 430 g/mol. The number of aldehydes is 1. The summed E-state index contributed by atoms with van der Waals surface area (Å²) in [7, 11) is -1.81. The molecule has 0 aromatic carbocycles. The summed E-state index contributed by atoms with van der Waals surface area (Å²) < 4.78 is 53.3. The number of methoxy groups -OCH3 is 1. The summed E-state index contributed by atoms with van der Waals surface area (Å²) in [6.45, 7) is 0.547. The van der Waals surface area contributed by atoms with E-state index >= 15 is 0 Å². The Labute approximate surface area is 156 Å². The van der Waals surface area contributed by atoms with E-state index < -0.39 is 64.8 Å². The van der Waals surface area contributed by atoms with Crippen LogP contribution in [0.15, 0.2) is 0 Å². The van der Waals surface area contributed by atoms with Gasteiger partial charge in [-0.1, -0.05) is 0 Å². The maximum Gasteiger partial charge on any atom is 0.473 e. The molecule has 2 heterocycles. The minimum atomic E-state index is -4.82. The van der Waals surface area contributed by atoms with Gasteiger partial charge < -0.3 is 38.4 Å². The molecule has 2 saturated heterocycles. The minimum Gasteiger partial charge on any atom is -0.385 e. The van der Waals surface area contributed by atoms with Gasteiger partial charge in [-0.15, -0.1) is 0 Å². The number of hydrogen-bond acceptors (Lipinski definition) is 10. The highest BCUT2D eigenvalue weighted by molar-refractivity contribution is 7.51. The second-order valence-electron chi connectivity index (χ2n) is 6.06. The fourth-order valence-electron chi connectivity index (χ4n) is 2.66. The molecule has 27 heavy (non-hydrogen) atoms. The molecule has 0 spiro atoms. The normalized spacial score (nSPS) is 41.1. The first-order chi connectivity index (χ1) is 12.5. The summed E-state index contributed by atoms with van der Waals surface area (Å²) >= 11 is 0. The highest BCUT2D eigenvalue weighted by atomic mass is 31.2. The van der Waals surface area contributed by atoms with Crippen LogP contribution in [0.25, 0.3) is 0 Å². The topological polar surface area (TPSA) is 167 Å². The zero-order valence-electron chi connectivity index (χ0n) is 14.5. The number of ether oxygens (including phenoxy) is 3. The quantitative estimate of drug-likeness (QED) is 0.230. The number of hydrogen-bond donors (Lipinski definition) is 3. The van der Waals surface area contributed by atoms with E-state index in [0.29, 0.717) is 0 Å². The lowest BCUT2D eigenvalue weighted by molar-refractivity contribution is -0.153. The third-order valence-corrected chi connectivity index (χ3v) is 5.50. The predicted octanol–water partition coefficient (Wildman–Crippen LogP) is -1.10. The van der Waals surface area contributed by atoms with Crippen molar-refractivity contribution in [1.82, 2.24) is 0 Å². The van der Waals surface area contributed by atoms with Crippen LogP contribution in [-0.4, -0.2) is 92.2 Å². The summed E-state index contributed by atoms with van der Waals surface area (Å²) in [6.07, 6.45) is -7.45. The van der Waals surface area contributed by atoms with Crippen molar-refractivity contribution < 1.29 is 56.6 Å². The molecule has 154 valence electrons. The van der Waals surface area contributed by atoms with Crippen LogP contribution in [0.1, 0.15) is 6.42 Å². The van der Waals surface area contributed by atoms with Gasteiger partial charge in [0.25, 0.3) is 0 Å². The molecule has 2 aliphatic heterocycles. The molecule has 12 nitrogen and oxygen atoms in total. The van der Waals surface area contributed by atoms with Crippen LogP contribution >= 0.6 is 15.4 Å². The van der Waals surface area contributed by atoms with Crippen molar-refractivity contribution in [2.24, 2.45) is 0 Å². The number of phosphoric acid groups is 1. The Hall–Kier alpha value is -0.165. The molecule has 0 aromatic rings. The third-order valence-electron chi connectivity index (χ3n) is 3.83. The number of phosphoric ester groups is 1. The minimum absolute atomic E-state index is 0.0249. The predicted molar refractivity (Wildman–Crippen MR) is 88.0 cm³/mol. The maximum absolute atomic E-state index is 12.3. The fourth-order valence-corrected chi connectivity index (χ4v) is 4.25. The molecule has 5 unspecified atom stereocenters. The Morgan fingerprint density at radius 2 is 1.93 bits per heavy atom. The Kier molecular flexibility index (Phi) is 7.80. The van der Waals surface area contributed by atoms with E-state index in [1.54, 1.807) is 0 Å². The van der Waals surface area contributed by atoms with Crippen molar-refractivity contribution in [3.8, 4) is 0 Å². The zero-order chi connectivity index (χ0) is 20.4. The smallest absolute Gasteiger partial charge is 0.385 e. The molecule has 2 fully saturated rings. The lowest BCUT2D eigenvalue weighted by Crippen LogP contribution is -2.36. The van der Waals surface area contributed by atoms with Gasteiger partial charge in [0.15, 0.2) is 12.6 Å². The summed E-state index contributed by atoms with van der Waals surface area (Å²) in [4.78, 5) is 30.2. The van der Waals surface area contributed by atoms with Crippen molar-refractivity contribution in [2.45, 2.75) is 49.2 Å². The SMILES string of the molecule is [B]C1CC(OP(=O)(O)O[C@@H]2[C@H](O)[C@@H](OC)O[C@H]2C=O)C(COP(C)(=O)O)O1. The molecular formula is C12H21BO12P2. The van der Waals surface area contributed by atoms with Crippen molar-refractivity contribution in [3.05, 3.63) is 0 Å². The fraction of sp³-hybridized carbons (Fsp3) is 0.917. The van der Waals surface area contributed by atoms with Gasteiger partial charge in [0, 0.05) is 19.8 Å². The summed E-state index contributed by atoms with van der Waals surface area (Å²) in [6, 6.07) is -0.862. The van der Waals surface area contributed by atoms with Crippen molar-refractivity contribution in [3.63, 3.8) is 0 Å². The molecule has 3 N–H and O–H groups in total. The van der Waals surface area contributed by atoms with E-state index in [-0.39, 0.29) is 12.7 Å². The lowest BCUT2D eigenvalue weighted by Gasteiger charge is -2.25. The van der Waals surface area contributed by atoms with Crippen molar-refractivity contribution in [2.75, 3.05) is 20.4 Å². The summed E-state index contributed by atoms with van der Waals surface area (Å²) in [5.74, 6) is 0. The Balaban J connectivity index is 2.02. The molecule has 2 aliphatic rings. The molecule has 2 rings (SSSR count). The first-order valence-corrected chi connectivity index (χ1v) is 11.3. The molecule has 15 heteroatoms. The summed E-state index contributed by atoms with van der Waals surface area (Å²) in [5.41, 5.74) is 0. The molecule has 0 aliphatic carbocycles. The van der Waals surface area contributed by atoms with Crippen LogP contribution < -0.4 is 0 Å². The Morgan fingerprint density at radius 3 is 2.48 bits per heavy atom. The number of carbonyl (C=O) groups is 1. The molecule has 0 amide bonds. The highest BCUT2D eigenvalue weighted by Crippen LogP contribution is 2.50. The van der Waals surface area contributed by atoms with Gasteiger partial charge in [-0.05, 0) is 6.42 Å². The standard InChI is InChI=1S/C12H21BO12P2/c1-20-12-10(15)11(7(4-14)23-12)25-27(18,19)24-6-3-9(13)22-8(6)5-21-26(2,16)17/h4,6-12,15H,3,5H2,1-2H3,(H,16,17)(H,18,19)/t6?,7-,8?,9?,10-,11-,12-/m0/s1. The molecule has 0 saturated carbocycles. The number of aliphatic hydroxyl groups excluding tert-OH is 1. The second kappa shape index (κ2) is 9.10. The van der Waals surface area contributed by atoms with Crippen LogP contribution in [0, 0.1) is 0 Å². The van der Waals surface area contributed by atoms with E-state index in [0.717, 1.165) is 6.66 Å². The van der Waals surface area contributed by atoms with E-state index in [2.05, 4.69) is 0 Å². The molecule has 0 aromatic heterocycles. The third kappa shape index (κ3) is 6.41. The Bertz CT molecular complexity index is 613. The molecule has 0 bridgehead atoms.